The van der Waals surface area contributed by atoms with E-state index in [0.29, 0.717) is 31.5 Å². The van der Waals surface area contributed by atoms with Crippen LogP contribution in [0.1, 0.15) is 17.3 Å². The number of thioether (sulfide) groups is 1. The molecule has 1 aromatic carbocycles. The number of amidine groups is 1. The van der Waals surface area contributed by atoms with E-state index in [0.717, 1.165) is 17.8 Å². The molecule has 142 valence electrons. The number of halogens is 2. The van der Waals surface area contributed by atoms with Gasteiger partial charge in [-0.05, 0) is 24.8 Å². The van der Waals surface area contributed by atoms with Gasteiger partial charge in [0, 0.05) is 19.3 Å². The quantitative estimate of drug-likeness (QED) is 0.725. The van der Waals surface area contributed by atoms with Crippen LogP contribution in [0.3, 0.4) is 0 Å². The number of morpholine rings is 1. The molecule has 0 N–H and O–H groups in total. The van der Waals surface area contributed by atoms with Gasteiger partial charge in [0.15, 0.2) is 16.8 Å². The average molecular weight is 395 g/mol. The Bertz CT molecular complexity index is 1030. The predicted octanol–water partition coefficient (Wildman–Crippen LogP) is 2.01. The van der Waals surface area contributed by atoms with Crippen LogP contribution in [0.25, 0.3) is 10.9 Å². The molecule has 2 aliphatic rings. The summed E-state index contributed by atoms with van der Waals surface area (Å²) in [4.78, 5) is 26.6. The van der Waals surface area contributed by atoms with Crippen LogP contribution in [-0.2, 0) is 9.47 Å². The molecule has 3 heterocycles. The number of hydrogen-bond donors (Lipinski definition) is 0. The summed E-state index contributed by atoms with van der Waals surface area (Å²) in [5.41, 5.74) is -0.863. The summed E-state index contributed by atoms with van der Waals surface area (Å²) < 4.78 is 40.1. The van der Waals surface area contributed by atoms with Crippen molar-refractivity contribution in [3.63, 3.8) is 0 Å². The lowest BCUT2D eigenvalue weighted by molar-refractivity contribution is 0.0524. The predicted molar refractivity (Wildman–Crippen MR) is 95.2 cm³/mol. The zero-order chi connectivity index (χ0) is 19.1. The highest BCUT2D eigenvalue weighted by atomic mass is 32.2. The molecule has 2 aromatic rings. The van der Waals surface area contributed by atoms with Gasteiger partial charge in [0.05, 0.1) is 35.6 Å². The summed E-state index contributed by atoms with van der Waals surface area (Å²) in [6.07, 6.45) is 1.21. The van der Waals surface area contributed by atoms with Crippen molar-refractivity contribution in [1.29, 1.82) is 0 Å². The van der Waals surface area contributed by atoms with Gasteiger partial charge < -0.3 is 14.4 Å². The van der Waals surface area contributed by atoms with E-state index in [9.17, 15) is 18.4 Å². The largest absolute Gasteiger partial charge is 0.462 e. The van der Waals surface area contributed by atoms with Gasteiger partial charge in [-0.15, -0.1) is 5.10 Å². The molecule has 0 aliphatic carbocycles. The van der Waals surface area contributed by atoms with Gasteiger partial charge >= 0.3 is 5.97 Å². The summed E-state index contributed by atoms with van der Waals surface area (Å²) in [5.74, 6) is -3.04. The van der Waals surface area contributed by atoms with Crippen molar-refractivity contribution in [3.8, 4) is 0 Å². The Kier molecular flexibility index (Phi) is 4.60. The third-order valence-corrected chi connectivity index (χ3v) is 5.38. The number of rotatable bonds is 2. The first-order valence-electron chi connectivity index (χ1n) is 8.35. The first-order chi connectivity index (χ1) is 13.0. The van der Waals surface area contributed by atoms with Gasteiger partial charge in [0.1, 0.15) is 5.56 Å². The van der Waals surface area contributed by atoms with Crippen LogP contribution in [0.15, 0.2) is 27.1 Å². The van der Waals surface area contributed by atoms with Crippen molar-refractivity contribution in [1.82, 2.24) is 9.58 Å². The Hall–Kier alpha value is -2.46. The molecular formula is C17H15F2N3O4S. The molecule has 27 heavy (non-hydrogen) atoms. The van der Waals surface area contributed by atoms with E-state index in [1.54, 1.807) is 6.92 Å². The summed E-state index contributed by atoms with van der Waals surface area (Å²) >= 11 is 0.959. The first-order valence-corrected chi connectivity index (χ1v) is 9.17. The Morgan fingerprint density at radius 3 is 2.81 bits per heavy atom. The summed E-state index contributed by atoms with van der Waals surface area (Å²) in [6.45, 7) is 3.77. The number of aromatic nitrogens is 1. The molecule has 1 saturated heterocycles. The van der Waals surface area contributed by atoms with E-state index < -0.39 is 23.0 Å². The molecule has 0 bridgehead atoms. The molecule has 0 saturated carbocycles. The molecule has 1 fully saturated rings. The smallest absolute Gasteiger partial charge is 0.343 e. The van der Waals surface area contributed by atoms with Crippen LogP contribution < -0.4 is 5.43 Å². The van der Waals surface area contributed by atoms with Crippen LogP contribution in [0, 0.1) is 11.6 Å². The molecule has 0 amide bonds. The molecular weight excluding hydrogens is 380 g/mol. The fourth-order valence-electron chi connectivity index (χ4n) is 3.00. The monoisotopic (exact) mass is 395 g/mol. The second-order valence-electron chi connectivity index (χ2n) is 5.92. The third kappa shape index (κ3) is 2.98. The fraction of sp³-hybridized carbons (Fsp3) is 0.353. The van der Waals surface area contributed by atoms with Crippen molar-refractivity contribution in [3.05, 3.63) is 39.7 Å². The SMILES string of the molecule is CCOC(=O)c1cn2c3c(c(F)c(F)cc3c1=O)SC(N1CCOCC1)=N2. The molecule has 10 heteroatoms. The normalized spacial score (nSPS) is 16.4. The highest BCUT2D eigenvalue weighted by Crippen LogP contribution is 2.36. The maximum absolute atomic E-state index is 14.5. The molecule has 0 radical (unpaired) electrons. The first kappa shape index (κ1) is 17.9. The van der Waals surface area contributed by atoms with E-state index in [1.165, 1.54) is 10.9 Å². The van der Waals surface area contributed by atoms with Crippen molar-refractivity contribution in [2.75, 3.05) is 32.9 Å². The van der Waals surface area contributed by atoms with E-state index in [-0.39, 0.29) is 28.0 Å². The zero-order valence-electron chi connectivity index (χ0n) is 14.3. The van der Waals surface area contributed by atoms with Gasteiger partial charge in [-0.2, -0.15) is 0 Å². The second-order valence-corrected chi connectivity index (χ2v) is 6.90. The van der Waals surface area contributed by atoms with Gasteiger partial charge in [-0.1, -0.05) is 0 Å². The van der Waals surface area contributed by atoms with E-state index in [1.807, 2.05) is 4.90 Å². The van der Waals surface area contributed by atoms with Crippen LogP contribution in [0.5, 0.6) is 0 Å². The fourth-order valence-corrected chi connectivity index (χ4v) is 4.11. The number of hydrogen-bond acceptors (Lipinski definition) is 7. The molecule has 1 aromatic heterocycles. The Labute approximate surface area is 156 Å². The lowest BCUT2D eigenvalue weighted by atomic mass is 10.1. The highest BCUT2D eigenvalue weighted by molar-refractivity contribution is 8.14. The number of carbonyl (C=O) groups is 1. The lowest BCUT2D eigenvalue weighted by Gasteiger charge is -2.31. The summed E-state index contributed by atoms with van der Waals surface area (Å²) in [6, 6.07) is 0.797. The Morgan fingerprint density at radius 1 is 1.37 bits per heavy atom. The molecule has 2 aliphatic heterocycles. The lowest BCUT2D eigenvalue weighted by Crippen LogP contribution is -2.40. The number of nitrogens with zero attached hydrogens (tertiary/aromatic N) is 3. The third-order valence-electron chi connectivity index (χ3n) is 4.28. The van der Waals surface area contributed by atoms with Crippen LogP contribution in [-0.4, -0.2) is 53.6 Å². The van der Waals surface area contributed by atoms with Crippen LogP contribution >= 0.6 is 11.8 Å². The van der Waals surface area contributed by atoms with Gasteiger partial charge in [0.2, 0.25) is 5.43 Å². The molecule has 0 atom stereocenters. The minimum atomic E-state index is -1.15. The summed E-state index contributed by atoms with van der Waals surface area (Å²) in [5, 5.41) is 4.75. The van der Waals surface area contributed by atoms with Crippen molar-refractivity contribution in [2.45, 2.75) is 11.8 Å². The molecule has 4 rings (SSSR count). The van der Waals surface area contributed by atoms with Crippen molar-refractivity contribution >= 4 is 33.8 Å². The molecule has 7 nitrogen and oxygen atoms in total. The molecule has 0 unspecified atom stereocenters. The maximum atomic E-state index is 14.5. The van der Waals surface area contributed by atoms with Gasteiger partial charge in [-0.25, -0.2) is 18.3 Å². The standard InChI is InChI=1S/C17H15F2N3O4S/c1-2-26-16(24)10-8-22-13-9(14(10)23)7-11(18)12(19)15(13)27-17(20-22)21-3-5-25-6-4-21/h7-8H,2-6H2,1H3. The van der Waals surface area contributed by atoms with Crippen LogP contribution in [0.4, 0.5) is 8.78 Å². The van der Waals surface area contributed by atoms with E-state index >= 15 is 0 Å². The van der Waals surface area contributed by atoms with E-state index in [2.05, 4.69) is 5.10 Å². The molecule has 0 spiro atoms. The minimum absolute atomic E-state index is 0.0333. The Balaban J connectivity index is 1.95. The number of benzene rings is 1. The minimum Gasteiger partial charge on any atom is -0.462 e. The highest BCUT2D eigenvalue weighted by Gasteiger charge is 2.29. The number of carbonyl (C=O) groups excluding carboxylic acids is 1. The van der Waals surface area contributed by atoms with Crippen molar-refractivity contribution in [2.24, 2.45) is 5.10 Å². The van der Waals surface area contributed by atoms with Gasteiger partial charge in [-0.3, -0.25) is 4.79 Å². The average Bonchev–Trinajstić information content (AvgIpc) is 2.68. The Morgan fingerprint density at radius 2 is 2.11 bits per heavy atom. The second kappa shape index (κ2) is 6.93. The van der Waals surface area contributed by atoms with E-state index in [4.69, 9.17) is 9.47 Å². The topological polar surface area (TPSA) is 73.1 Å². The zero-order valence-corrected chi connectivity index (χ0v) is 15.1. The van der Waals surface area contributed by atoms with Gasteiger partial charge in [0.25, 0.3) is 0 Å². The number of pyridine rings is 1. The summed E-state index contributed by atoms with van der Waals surface area (Å²) in [7, 11) is 0. The number of ether oxygens (including phenoxy) is 2. The maximum Gasteiger partial charge on any atom is 0.343 e. The van der Waals surface area contributed by atoms with Crippen molar-refractivity contribution < 1.29 is 23.0 Å². The van der Waals surface area contributed by atoms with Crippen LogP contribution in [0.2, 0.25) is 0 Å². The number of esters is 1.